The minimum Gasteiger partial charge on any atom is -0.479 e. The van der Waals surface area contributed by atoms with Gasteiger partial charge in [-0.3, -0.25) is 0 Å². The van der Waals surface area contributed by atoms with Gasteiger partial charge in [0.05, 0.1) is 0 Å². The number of carbonyl (C=O) groups is 1. The molecule has 0 saturated heterocycles. The molecule has 0 heterocycles. The number of hydrogen-bond acceptors (Lipinski definition) is 4. The highest BCUT2D eigenvalue weighted by Crippen LogP contribution is 2.13. The molecule has 14 heavy (non-hydrogen) atoms. The number of aliphatic hydroxyl groups excluding tert-OH is 1. The molecule has 0 radical (unpaired) electrons. The van der Waals surface area contributed by atoms with Crippen LogP contribution in [0.25, 0.3) is 0 Å². The van der Waals surface area contributed by atoms with E-state index in [-0.39, 0.29) is 12.1 Å². The molecule has 74 valence electrons. The predicted molar refractivity (Wildman–Crippen MR) is 49.2 cm³/mol. The van der Waals surface area contributed by atoms with Crippen molar-refractivity contribution in [3.8, 4) is 0 Å². The summed E-state index contributed by atoms with van der Waals surface area (Å²) in [6.45, 7) is 0. The Morgan fingerprint density at radius 3 is 2.36 bits per heavy atom. The number of aliphatic carboxylic acids is 1. The van der Waals surface area contributed by atoms with Crippen LogP contribution in [0.5, 0.6) is 0 Å². The molecule has 0 aromatic heterocycles. The zero-order valence-electron chi connectivity index (χ0n) is 7.25. The van der Waals surface area contributed by atoms with Gasteiger partial charge in [-0.25, -0.2) is 4.79 Å². The fraction of sp³-hybridized carbons (Fsp3) is 0.222. The van der Waals surface area contributed by atoms with Gasteiger partial charge >= 0.3 is 5.97 Å². The lowest BCUT2D eigenvalue weighted by Crippen LogP contribution is -2.21. The second-order valence-electron chi connectivity index (χ2n) is 2.82. The number of hydrogen-bond donors (Lipinski definition) is 2. The van der Waals surface area contributed by atoms with Crippen molar-refractivity contribution in [3.63, 3.8) is 0 Å². The summed E-state index contributed by atoms with van der Waals surface area (Å²) in [5.41, 5.74) is 0.922. The maximum Gasteiger partial charge on any atom is 0.332 e. The zero-order chi connectivity index (χ0) is 10.6. The lowest BCUT2D eigenvalue weighted by molar-refractivity contribution is -0.146. The molecular formula is C9H9NO4. The van der Waals surface area contributed by atoms with E-state index in [0.29, 0.717) is 5.56 Å². The Labute approximate surface area is 80.0 Å². The minimum absolute atomic E-state index is 0.0223. The zero-order valence-corrected chi connectivity index (χ0v) is 7.25. The van der Waals surface area contributed by atoms with Crippen molar-refractivity contribution >= 4 is 11.7 Å². The normalized spacial score (nSPS) is 12.1. The maximum absolute atomic E-state index is 10.3. The molecule has 2 N–H and O–H groups in total. The molecule has 0 amide bonds. The van der Waals surface area contributed by atoms with Crippen LogP contribution < -0.4 is 0 Å². The molecule has 0 saturated carbocycles. The SMILES string of the molecule is O=Nc1ccc(CC(O)C(=O)O)cc1. The highest BCUT2D eigenvalue weighted by molar-refractivity contribution is 5.72. The van der Waals surface area contributed by atoms with E-state index in [9.17, 15) is 9.70 Å². The molecule has 0 aliphatic heterocycles. The summed E-state index contributed by atoms with van der Waals surface area (Å²) in [7, 11) is 0. The van der Waals surface area contributed by atoms with Crippen molar-refractivity contribution < 1.29 is 15.0 Å². The molecule has 1 unspecified atom stereocenters. The van der Waals surface area contributed by atoms with E-state index in [1.165, 1.54) is 12.1 Å². The van der Waals surface area contributed by atoms with Crippen molar-refractivity contribution in [1.82, 2.24) is 0 Å². The first-order chi connectivity index (χ1) is 6.63. The number of nitroso groups, excluding NO2 is 1. The number of rotatable bonds is 4. The fourth-order valence-electron chi connectivity index (χ4n) is 1.00. The summed E-state index contributed by atoms with van der Waals surface area (Å²) in [6, 6.07) is 6.06. The predicted octanol–water partition coefficient (Wildman–Crippen LogP) is 1.07. The lowest BCUT2D eigenvalue weighted by Gasteiger charge is -2.04. The average Bonchev–Trinajstić information content (AvgIpc) is 2.19. The summed E-state index contributed by atoms with van der Waals surface area (Å²) >= 11 is 0. The Bertz CT molecular complexity index is 333. The van der Waals surface area contributed by atoms with Crippen LogP contribution in [0.1, 0.15) is 5.56 Å². The summed E-state index contributed by atoms with van der Waals surface area (Å²) in [4.78, 5) is 20.4. The van der Waals surface area contributed by atoms with Crippen LogP contribution in [-0.4, -0.2) is 22.3 Å². The third-order valence-corrected chi connectivity index (χ3v) is 1.76. The number of nitrogens with zero attached hydrogens (tertiary/aromatic N) is 1. The van der Waals surface area contributed by atoms with Gasteiger partial charge in [0.1, 0.15) is 5.69 Å². The van der Waals surface area contributed by atoms with Crippen LogP contribution in [0.3, 0.4) is 0 Å². The van der Waals surface area contributed by atoms with E-state index in [1.807, 2.05) is 0 Å². The molecule has 5 heteroatoms. The second kappa shape index (κ2) is 4.48. The summed E-state index contributed by atoms with van der Waals surface area (Å²) in [6.07, 6.45) is -1.39. The number of aliphatic hydroxyl groups is 1. The van der Waals surface area contributed by atoms with E-state index in [2.05, 4.69) is 5.18 Å². The summed E-state index contributed by atoms with van der Waals surface area (Å²) in [5, 5.41) is 20.1. The van der Waals surface area contributed by atoms with Crippen molar-refractivity contribution in [2.24, 2.45) is 5.18 Å². The molecule has 0 aliphatic carbocycles. The Balaban J connectivity index is 2.68. The second-order valence-corrected chi connectivity index (χ2v) is 2.82. The Hall–Kier alpha value is -1.75. The van der Waals surface area contributed by atoms with Crippen LogP contribution in [-0.2, 0) is 11.2 Å². The first kappa shape index (κ1) is 10.3. The quantitative estimate of drug-likeness (QED) is 0.703. The van der Waals surface area contributed by atoms with E-state index < -0.39 is 12.1 Å². The standard InChI is InChI=1S/C9H9NO4/c11-8(9(12)13)5-6-1-3-7(10-14)4-2-6/h1-4,8,11H,5H2,(H,12,13). The molecular weight excluding hydrogens is 186 g/mol. The van der Waals surface area contributed by atoms with Crippen LogP contribution in [0, 0.1) is 4.91 Å². The van der Waals surface area contributed by atoms with Crippen molar-refractivity contribution in [3.05, 3.63) is 34.7 Å². The fourth-order valence-corrected chi connectivity index (χ4v) is 1.00. The molecule has 1 rings (SSSR count). The van der Waals surface area contributed by atoms with Crippen molar-refractivity contribution in [1.29, 1.82) is 0 Å². The van der Waals surface area contributed by atoms with Gasteiger partial charge < -0.3 is 10.2 Å². The number of benzene rings is 1. The first-order valence-electron chi connectivity index (χ1n) is 3.96. The lowest BCUT2D eigenvalue weighted by atomic mass is 10.1. The Morgan fingerprint density at radius 2 is 1.93 bits per heavy atom. The average molecular weight is 195 g/mol. The third kappa shape index (κ3) is 2.63. The largest absolute Gasteiger partial charge is 0.479 e. The van der Waals surface area contributed by atoms with E-state index in [4.69, 9.17) is 10.2 Å². The third-order valence-electron chi connectivity index (χ3n) is 1.76. The first-order valence-corrected chi connectivity index (χ1v) is 3.96. The molecule has 0 fully saturated rings. The van der Waals surface area contributed by atoms with Gasteiger partial charge in [-0.05, 0) is 22.9 Å². The van der Waals surface area contributed by atoms with Crippen LogP contribution >= 0.6 is 0 Å². The van der Waals surface area contributed by atoms with Crippen LogP contribution in [0.15, 0.2) is 29.4 Å². The molecule has 0 aliphatic rings. The molecule has 1 aromatic rings. The van der Waals surface area contributed by atoms with Gasteiger partial charge in [0, 0.05) is 6.42 Å². The van der Waals surface area contributed by atoms with Crippen molar-refractivity contribution in [2.45, 2.75) is 12.5 Å². The van der Waals surface area contributed by atoms with Gasteiger partial charge in [0.15, 0.2) is 6.10 Å². The highest BCUT2D eigenvalue weighted by atomic mass is 16.4. The Morgan fingerprint density at radius 1 is 1.36 bits per heavy atom. The van der Waals surface area contributed by atoms with Gasteiger partial charge in [-0.15, -0.1) is 4.91 Å². The molecule has 1 atom stereocenters. The van der Waals surface area contributed by atoms with Gasteiger partial charge in [-0.1, -0.05) is 12.1 Å². The maximum atomic E-state index is 10.3. The summed E-state index contributed by atoms with van der Waals surface area (Å²) in [5.74, 6) is -1.26. The van der Waals surface area contributed by atoms with Crippen LogP contribution in [0.2, 0.25) is 0 Å². The highest BCUT2D eigenvalue weighted by Gasteiger charge is 2.13. The Kier molecular flexibility index (Phi) is 3.30. The van der Waals surface area contributed by atoms with Gasteiger partial charge in [0.25, 0.3) is 0 Å². The molecule has 1 aromatic carbocycles. The van der Waals surface area contributed by atoms with Gasteiger partial charge in [0.2, 0.25) is 0 Å². The van der Waals surface area contributed by atoms with Crippen LogP contribution in [0.4, 0.5) is 5.69 Å². The van der Waals surface area contributed by atoms with Crippen molar-refractivity contribution in [2.75, 3.05) is 0 Å². The minimum atomic E-state index is -1.41. The molecule has 0 bridgehead atoms. The smallest absolute Gasteiger partial charge is 0.332 e. The van der Waals surface area contributed by atoms with E-state index in [0.717, 1.165) is 0 Å². The topological polar surface area (TPSA) is 87.0 Å². The van der Waals surface area contributed by atoms with E-state index >= 15 is 0 Å². The van der Waals surface area contributed by atoms with Gasteiger partial charge in [-0.2, -0.15) is 0 Å². The van der Waals surface area contributed by atoms with E-state index in [1.54, 1.807) is 12.1 Å². The number of carboxylic acid groups (broad SMARTS) is 1. The molecule has 0 spiro atoms. The summed E-state index contributed by atoms with van der Waals surface area (Å²) < 4.78 is 0. The monoisotopic (exact) mass is 195 g/mol. The number of carboxylic acids is 1. The molecule has 5 nitrogen and oxygen atoms in total.